The van der Waals surface area contributed by atoms with E-state index in [0.717, 1.165) is 31.6 Å². The zero-order chi connectivity index (χ0) is 12.2. The summed E-state index contributed by atoms with van der Waals surface area (Å²) < 4.78 is 1.93. The third-order valence-electron chi connectivity index (χ3n) is 2.77. The molecule has 0 radical (unpaired) electrons. The van der Waals surface area contributed by atoms with Gasteiger partial charge in [-0.3, -0.25) is 4.68 Å². The van der Waals surface area contributed by atoms with Gasteiger partial charge in [0.05, 0.1) is 6.10 Å². The number of hydrogen-bond acceptors (Lipinski definition) is 3. The van der Waals surface area contributed by atoms with Crippen LogP contribution in [-0.4, -0.2) is 26.0 Å². The van der Waals surface area contributed by atoms with Gasteiger partial charge in [0.15, 0.2) is 0 Å². The number of aromatic nitrogens is 3. The van der Waals surface area contributed by atoms with Crippen molar-refractivity contribution >= 4 is 0 Å². The molecule has 0 aliphatic heterocycles. The summed E-state index contributed by atoms with van der Waals surface area (Å²) in [6.45, 7) is 9.17. The Morgan fingerprint density at radius 3 is 2.69 bits per heavy atom. The van der Waals surface area contributed by atoms with Crippen LogP contribution in [0.4, 0.5) is 0 Å². The van der Waals surface area contributed by atoms with Crippen molar-refractivity contribution in [2.45, 2.75) is 59.6 Å². The van der Waals surface area contributed by atoms with E-state index in [4.69, 9.17) is 0 Å². The number of aliphatic hydroxyl groups is 1. The van der Waals surface area contributed by atoms with E-state index in [0.29, 0.717) is 0 Å². The third kappa shape index (κ3) is 3.59. The quantitative estimate of drug-likeness (QED) is 0.834. The number of nitrogens with zero attached hydrogens (tertiary/aromatic N) is 3. The standard InChI is InChI=1S/C12H23N3O/c1-5-8-15-11(13-9-14-15)7-6-10(16)12(2,3)4/h9-10,16H,5-8H2,1-4H3. The van der Waals surface area contributed by atoms with Crippen LogP contribution in [0.3, 0.4) is 0 Å². The Kier molecular flexibility index (Phi) is 4.47. The van der Waals surface area contributed by atoms with E-state index < -0.39 is 0 Å². The molecule has 1 aromatic heterocycles. The van der Waals surface area contributed by atoms with Crippen LogP contribution in [0.5, 0.6) is 0 Å². The van der Waals surface area contributed by atoms with Crippen molar-refractivity contribution in [3.63, 3.8) is 0 Å². The minimum absolute atomic E-state index is 0.0599. The Balaban J connectivity index is 2.51. The van der Waals surface area contributed by atoms with Crippen molar-refractivity contribution in [2.24, 2.45) is 5.41 Å². The fraction of sp³-hybridized carbons (Fsp3) is 0.833. The van der Waals surface area contributed by atoms with Crippen molar-refractivity contribution in [3.05, 3.63) is 12.2 Å². The molecule has 0 spiro atoms. The van der Waals surface area contributed by atoms with Crippen LogP contribution in [0.15, 0.2) is 6.33 Å². The van der Waals surface area contributed by atoms with Crippen molar-refractivity contribution in [1.82, 2.24) is 14.8 Å². The summed E-state index contributed by atoms with van der Waals surface area (Å²) >= 11 is 0. The third-order valence-corrected chi connectivity index (χ3v) is 2.77. The van der Waals surface area contributed by atoms with Crippen molar-refractivity contribution in [2.75, 3.05) is 0 Å². The molecule has 4 heteroatoms. The first-order valence-electron chi connectivity index (χ1n) is 6.00. The molecular formula is C12H23N3O. The predicted molar refractivity (Wildman–Crippen MR) is 64.1 cm³/mol. The Bertz CT molecular complexity index is 314. The summed E-state index contributed by atoms with van der Waals surface area (Å²) in [5.74, 6) is 0.977. The highest BCUT2D eigenvalue weighted by molar-refractivity contribution is 4.87. The number of aliphatic hydroxyl groups excluding tert-OH is 1. The van der Waals surface area contributed by atoms with Crippen LogP contribution >= 0.6 is 0 Å². The summed E-state index contributed by atoms with van der Waals surface area (Å²) in [7, 11) is 0. The number of aryl methyl sites for hydroxylation is 2. The van der Waals surface area contributed by atoms with Gasteiger partial charge in [0.1, 0.15) is 12.2 Å². The van der Waals surface area contributed by atoms with Gasteiger partial charge in [-0.25, -0.2) is 4.98 Å². The molecular weight excluding hydrogens is 202 g/mol. The second kappa shape index (κ2) is 5.43. The Hall–Kier alpha value is -0.900. The minimum atomic E-state index is -0.292. The van der Waals surface area contributed by atoms with Gasteiger partial charge in [0.25, 0.3) is 0 Å². The lowest BCUT2D eigenvalue weighted by Crippen LogP contribution is -2.26. The fourth-order valence-corrected chi connectivity index (χ4v) is 1.58. The topological polar surface area (TPSA) is 50.9 Å². The Morgan fingerprint density at radius 1 is 1.44 bits per heavy atom. The maximum Gasteiger partial charge on any atom is 0.138 e. The lowest BCUT2D eigenvalue weighted by atomic mass is 9.86. The van der Waals surface area contributed by atoms with Crippen LogP contribution in [-0.2, 0) is 13.0 Å². The van der Waals surface area contributed by atoms with Gasteiger partial charge in [-0.15, -0.1) is 0 Å². The van der Waals surface area contributed by atoms with E-state index in [1.807, 2.05) is 4.68 Å². The first-order valence-corrected chi connectivity index (χ1v) is 6.00. The molecule has 0 aromatic carbocycles. The SMILES string of the molecule is CCCn1ncnc1CCC(O)C(C)(C)C. The fourth-order valence-electron chi connectivity index (χ4n) is 1.58. The largest absolute Gasteiger partial charge is 0.393 e. The Morgan fingerprint density at radius 2 is 2.12 bits per heavy atom. The second-order valence-electron chi connectivity index (χ2n) is 5.32. The minimum Gasteiger partial charge on any atom is -0.393 e. The predicted octanol–water partition coefficient (Wildman–Crippen LogP) is 2.03. The molecule has 4 nitrogen and oxygen atoms in total. The van der Waals surface area contributed by atoms with Gasteiger partial charge in [-0.05, 0) is 18.3 Å². The lowest BCUT2D eigenvalue weighted by molar-refractivity contribution is 0.0553. The summed E-state index contributed by atoms with van der Waals surface area (Å²) in [5.41, 5.74) is -0.0599. The van der Waals surface area contributed by atoms with E-state index >= 15 is 0 Å². The monoisotopic (exact) mass is 225 g/mol. The second-order valence-corrected chi connectivity index (χ2v) is 5.32. The molecule has 0 bridgehead atoms. The maximum atomic E-state index is 9.95. The maximum absolute atomic E-state index is 9.95. The highest BCUT2D eigenvalue weighted by atomic mass is 16.3. The molecule has 0 fully saturated rings. The summed E-state index contributed by atoms with van der Waals surface area (Å²) in [5, 5.41) is 14.1. The van der Waals surface area contributed by atoms with Gasteiger partial charge in [-0.1, -0.05) is 27.7 Å². The molecule has 1 N–H and O–H groups in total. The molecule has 1 atom stereocenters. The van der Waals surface area contributed by atoms with Crippen LogP contribution in [0, 0.1) is 5.41 Å². The van der Waals surface area contributed by atoms with Crippen LogP contribution in [0.2, 0.25) is 0 Å². The first kappa shape index (κ1) is 13.2. The molecule has 0 saturated heterocycles. The van der Waals surface area contributed by atoms with E-state index in [9.17, 15) is 5.11 Å². The van der Waals surface area contributed by atoms with Crippen LogP contribution < -0.4 is 0 Å². The van der Waals surface area contributed by atoms with Crippen LogP contribution in [0.1, 0.15) is 46.4 Å². The average Bonchev–Trinajstić information content (AvgIpc) is 2.61. The molecule has 0 saturated carbocycles. The van der Waals surface area contributed by atoms with E-state index in [2.05, 4.69) is 37.8 Å². The molecule has 1 heterocycles. The van der Waals surface area contributed by atoms with Gasteiger partial charge >= 0.3 is 0 Å². The Labute approximate surface area is 97.7 Å². The van der Waals surface area contributed by atoms with Crippen molar-refractivity contribution < 1.29 is 5.11 Å². The first-order chi connectivity index (χ1) is 7.45. The molecule has 1 aromatic rings. The average molecular weight is 225 g/mol. The summed E-state index contributed by atoms with van der Waals surface area (Å²) in [6, 6.07) is 0. The van der Waals surface area contributed by atoms with E-state index in [-0.39, 0.29) is 11.5 Å². The molecule has 1 rings (SSSR count). The van der Waals surface area contributed by atoms with Gasteiger partial charge in [0, 0.05) is 13.0 Å². The number of rotatable bonds is 5. The molecule has 92 valence electrons. The summed E-state index contributed by atoms with van der Waals surface area (Å²) in [4.78, 5) is 4.23. The number of hydrogen-bond donors (Lipinski definition) is 1. The van der Waals surface area contributed by atoms with Gasteiger partial charge < -0.3 is 5.11 Å². The molecule has 16 heavy (non-hydrogen) atoms. The molecule has 1 unspecified atom stereocenters. The van der Waals surface area contributed by atoms with E-state index in [1.54, 1.807) is 6.33 Å². The van der Waals surface area contributed by atoms with Crippen molar-refractivity contribution in [1.29, 1.82) is 0 Å². The molecule has 0 amide bonds. The lowest BCUT2D eigenvalue weighted by Gasteiger charge is -2.25. The summed E-state index contributed by atoms with van der Waals surface area (Å²) in [6.07, 6.45) is 3.89. The zero-order valence-corrected chi connectivity index (χ0v) is 10.8. The molecule has 0 aliphatic rings. The highest BCUT2D eigenvalue weighted by Gasteiger charge is 2.22. The highest BCUT2D eigenvalue weighted by Crippen LogP contribution is 2.22. The van der Waals surface area contributed by atoms with Gasteiger partial charge in [0.2, 0.25) is 0 Å². The molecule has 0 aliphatic carbocycles. The van der Waals surface area contributed by atoms with Gasteiger partial charge in [-0.2, -0.15) is 5.10 Å². The van der Waals surface area contributed by atoms with E-state index in [1.165, 1.54) is 0 Å². The van der Waals surface area contributed by atoms with Crippen molar-refractivity contribution in [3.8, 4) is 0 Å². The normalized spacial score (nSPS) is 14.1. The smallest absolute Gasteiger partial charge is 0.138 e. The van der Waals surface area contributed by atoms with Crippen LogP contribution in [0.25, 0.3) is 0 Å². The zero-order valence-electron chi connectivity index (χ0n) is 10.8.